The average molecular weight is 339 g/mol. The van der Waals surface area contributed by atoms with Gasteiger partial charge in [0.1, 0.15) is 5.01 Å². The highest BCUT2D eigenvalue weighted by atomic mass is 32.1. The molecule has 2 heterocycles. The van der Waals surface area contributed by atoms with Gasteiger partial charge in [0.15, 0.2) is 0 Å². The van der Waals surface area contributed by atoms with Crippen LogP contribution in [0.4, 0.5) is 0 Å². The second-order valence-electron chi connectivity index (χ2n) is 8.07. The summed E-state index contributed by atoms with van der Waals surface area (Å²) < 4.78 is 5.85. The van der Waals surface area contributed by atoms with Crippen LogP contribution in [-0.4, -0.2) is 46.9 Å². The number of rotatable bonds is 4. The molecule has 0 amide bonds. The van der Waals surface area contributed by atoms with Gasteiger partial charge in [0.2, 0.25) is 0 Å². The monoisotopic (exact) mass is 338 g/mol. The predicted octanol–water partition coefficient (Wildman–Crippen LogP) is 3.19. The Morgan fingerprint density at radius 1 is 1.39 bits per heavy atom. The molecule has 2 aliphatic rings. The number of hydrogen-bond donors (Lipinski definition) is 1. The molecule has 1 N–H and O–H groups in total. The average Bonchev–Trinajstić information content (AvgIpc) is 2.97. The van der Waals surface area contributed by atoms with E-state index in [-0.39, 0.29) is 23.0 Å². The Balaban J connectivity index is 1.56. The van der Waals surface area contributed by atoms with E-state index in [0.29, 0.717) is 0 Å². The number of likely N-dealkylation sites (tertiary alicyclic amines) is 1. The Bertz CT molecular complexity index is 527. The molecule has 130 valence electrons. The molecule has 1 saturated carbocycles. The van der Waals surface area contributed by atoms with E-state index in [0.717, 1.165) is 45.5 Å². The minimum Gasteiger partial charge on any atom is -0.392 e. The van der Waals surface area contributed by atoms with Crippen LogP contribution in [0.5, 0.6) is 0 Å². The van der Waals surface area contributed by atoms with Gasteiger partial charge in [-0.05, 0) is 38.3 Å². The lowest BCUT2D eigenvalue weighted by Gasteiger charge is -2.56. The summed E-state index contributed by atoms with van der Waals surface area (Å²) in [6.45, 7) is 12.5. The summed E-state index contributed by atoms with van der Waals surface area (Å²) in [5.74, 6) is 0. The van der Waals surface area contributed by atoms with Gasteiger partial charge >= 0.3 is 0 Å². The molecule has 2 atom stereocenters. The van der Waals surface area contributed by atoms with Crippen molar-refractivity contribution in [1.82, 2.24) is 9.88 Å². The Hall–Kier alpha value is -0.490. The van der Waals surface area contributed by atoms with Crippen molar-refractivity contribution < 1.29 is 9.84 Å². The van der Waals surface area contributed by atoms with Crippen LogP contribution >= 0.6 is 11.3 Å². The van der Waals surface area contributed by atoms with Crippen molar-refractivity contribution in [2.45, 2.75) is 71.1 Å². The summed E-state index contributed by atoms with van der Waals surface area (Å²) in [4.78, 5) is 8.44. The standard InChI is InChI=1S/C18H30N2O2S/c1-5-22-14-10-13(21)18(14)6-8-20(9-7-18)12-16-19-11-15(23-16)17(2,3)4/h11,13-14,21H,5-10,12H2,1-4H3/t13-,14+/m1/s1. The summed E-state index contributed by atoms with van der Waals surface area (Å²) in [5.41, 5.74) is 0.203. The van der Waals surface area contributed by atoms with Crippen LogP contribution in [0.3, 0.4) is 0 Å². The number of piperidine rings is 1. The highest BCUT2D eigenvalue weighted by Crippen LogP contribution is 2.51. The molecule has 23 heavy (non-hydrogen) atoms. The molecule has 0 unspecified atom stereocenters. The number of thiazole rings is 1. The molecule has 1 saturated heterocycles. The van der Waals surface area contributed by atoms with Crippen LogP contribution in [0.1, 0.15) is 56.8 Å². The Morgan fingerprint density at radius 2 is 2.09 bits per heavy atom. The fourth-order valence-electron chi connectivity index (χ4n) is 3.87. The number of aliphatic hydroxyl groups is 1. The van der Waals surface area contributed by atoms with Crippen molar-refractivity contribution in [2.24, 2.45) is 5.41 Å². The molecular formula is C18H30N2O2S. The molecule has 3 rings (SSSR count). The van der Waals surface area contributed by atoms with Crippen molar-refractivity contribution in [3.8, 4) is 0 Å². The molecule has 1 aromatic heterocycles. The second kappa shape index (κ2) is 6.43. The van der Waals surface area contributed by atoms with Gasteiger partial charge in [-0.2, -0.15) is 0 Å². The normalized spacial score (nSPS) is 28.0. The van der Waals surface area contributed by atoms with E-state index >= 15 is 0 Å². The maximum Gasteiger partial charge on any atom is 0.107 e. The zero-order valence-corrected chi connectivity index (χ0v) is 15.7. The van der Waals surface area contributed by atoms with Crippen molar-refractivity contribution >= 4 is 11.3 Å². The number of nitrogens with zero attached hydrogens (tertiary/aromatic N) is 2. The van der Waals surface area contributed by atoms with Crippen LogP contribution in [0.25, 0.3) is 0 Å². The second-order valence-corrected chi connectivity index (χ2v) is 9.19. The topological polar surface area (TPSA) is 45.6 Å². The molecule has 4 nitrogen and oxygen atoms in total. The smallest absolute Gasteiger partial charge is 0.107 e. The molecule has 1 aliphatic carbocycles. The largest absolute Gasteiger partial charge is 0.392 e. The van der Waals surface area contributed by atoms with Crippen LogP contribution in [0.2, 0.25) is 0 Å². The van der Waals surface area contributed by atoms with Gasteiger partial charge in [0.25, 0.3) is 0 Å². The van der Waals surface area contributed by atoms with Crippen molar-refractivity contribution in [3.63, 3.8) is 0 Å². The molecule has 1 aliphatic heterocycles. The minimum atomic E-state index is -0.173. The zero-order chi connectivity index (χ0) is 16.7. The first kappa shape index (κ1) is 17.3. The predicted molar refractivity (Wildman–Crippen MR) is 93.8 cm³/mol. The Kier molecular flexibility index (Phi) is 4.85. The number of aromatic nitrogens is 1. The molecule has 1 spiro atoms. The third-order valence-corrected chi connectivity index (χ3v) is 6.96. The number of hydrogen-bond acceptors (Lipinski definition) is 5. The number of aliphatic hydroxyl groups excluding tert-OH is 1. The molecular weight excluding hydrogens is 308 g/mol. The molecule has 0 bridgehead atoms. The van der Waals surface area contributed by atoms with Crippen molar-refractivity contribution in [1.29, 1.82) is 0 Å². The van der Waals surface area contributed by atoms with Gasteiger partial charge < -0.3 is 9.84 Å². The molecule has 0 aromatic carbocycles. The van der Waals surface area contributed by atoms with Gasteiger partial charge in [-0.25, -0.2) is 4.98 Å². The van der Waals surface area contributed by atoms with Gasteiger partial charge in [-0.15, -0.1) is 11.3 Å². The van der Waals surface area contributed by atoms with Crippen LogP contribution in [0, 0.1) is 5.41 Å². The summed E-state index contributed by atoms with van der Waals surface area (Å²) in [7, 11) is 0. The summed E-state index contributed by atoms with van der Waals surface area (Å²) >= 11 is 1.84. The third-order valence-electron chi connectivity index (χ3n) is 5.55. The van der Waals surface area contributed by atoms with E-state index < -0.39 is 0 Å². The highest BCUT2D eigenvalue weighted by Gasteiger charge is 2.55. The van der Waals surface area contributed by atoms with Crippen LogP contribution in [-0.2, 0) is 16.7 Å². The molecule has 5 heteroatoms. The summed E-state index contributed by atoms with van der Waals surface area (Å²) in [6.07, 6.45) is 5.01. The van der Waals surface area contributed by atoms with Gasteiger partial charge in [-0.3, -0.25) is 4.90 Å². The van der Waals surface area contributed by atoms with Crippen molar-refractivity contribution in [2.75, 3.05) is 19.7 Å². The zero-order valence-electron chi connectivity index (χ0n) is 14.8. The fourth-order valence-corrected chi connectivity index (χ4v) is 4.88. The van der Waals surface area contributed by atoms with E-state index in [9.17, 15) is 5.11 Å². The minimum absolute atomic E-state index is 0.0198. The maximum absolute atomic E-state index is 10.3. The molecule has 0 radical (unpaired) electrons. The van der Waals surface area contributed by atoms with Gasteiger partial charge in [0.05, 0.1) is 18.8 Å². The Morgan fingerprint density at radius 3 is 2.61 bits per heavy atom. The van der Waals surface area contributed by atoms with E-state index in [2.05, 4.69) is 30.7 Å². The van der Waals surface area contributed by atoms with E-state index in [1.165, 1.54) is 9.88 Å². The fraction of sp³-hybridized carbons (Fsp3) is 0.833. The summed E-state index contributed by atoms with van der Waals surface area (Å²) in [6, 6.07) is 0. The first-order valence-corrected chi connectivity index (χ1v) is 9.64. The first-order chi connectivity index (χ1) is 10.8. The lowest BCUT2D eigenvalue weighted by molar-refractivity contribution is -0.209. The number of ether oxygens (including phenoxy) is 1. The Labute approximate surface area is 143 Å². The van der Waals surface area contributed by atoms with Gasteiger partial charge in [0, 0.05) is 29.5 Å². The third kappa shape index (κ3) is 3.34. The van der Waals surface area contributed by atoms with Crippen LogP contribution in [0.15, 0.2) is 6.20 Å². The molecule has 1 aromatic rings. The van der Waals surface area contributed by atoms with E-state index in [4.69, 9.17) is 4.74 Å². The summed E-state index contributed by atoms with van der Waals surface area (Å²) in [5, 5.41) is 11.5. The highest BCUT2D eigenvalue weighted by molar-refractivity contribution is 7.11. The first-order valence-electron chi connectivity index (χ1n) is 8.82. The lowest BCUT2D eigenvalue weighted by atomic mass is 9.58. The van der Waals surface area contributed by atoms with E-state index in [1.807, 2.05) is 24.5 Å². The quantitative estimate of drug-likeness (QED) is 0.916. The maximum atomic E-state index is 10.3. The van der Waals surface area contributed by atoms with Crippen molar-refractivity contribution in [3.05, 3.63) is 16.1 Å². The lowest BCUT2D eigenvalue weighted by Crippen LogP contribution is -2.62. The molecule has 2 fully saturated rings. The van der Waals surface area contributed by atoms with E-state index in [1.54, 1.807) is 0 Å². The van der Waals surface area contributed by atoms with Crippen LogP contribution < -0.4 is 0 Å². The van der Waals surface area contributed by atoms with Gasteiger partial charge in [-0.1, -0.05) is 20.8 Å². The SMILES string of the molecule is CCO[C@H]1C[C@@H](O)C12CCN(Cc1ncc(C(C)(C)C)s1)CC2.